The molecule has 0 atom stereocenters. The Hall–Kier alpha value is -2.77. The van der Waals surface area contributed by atoms with Gasteiger partial charge in [-0.2, -0.15) is 0 Å². The molecule has 7 nitrogen and oxygen atoms in total. The van der Waals surface area contributed by atoms with Crippen molar-refractivity contribution in [1.29, 1.82) is 0 Å². The van der Waals surface area contributed by atoms with Gasteiger partial charge in [0.2, 0.25) is 5.91 Å². The van der Waals surface area contributed by atoms with E-state index in [2.05, 4.69) is 10.3 Å². The number of hydrogen-bond donors (Lipinski definition) is 2. The molecule has 3 N–H and O–H groups in total. The molecule has 0 fully saturated rings. The smallest absolute Gasteiger partial charge is 0.280 e. The van der Waals surface area contributed by atoms with E-state index in [0.29, 0.717) is 25.6 Å². The van der Waals surface area contributed by atoms with E-state index in [0.717, 1.165) is 11.1 Å². The summed E-state index contributed by atoms with van der Waals surface area (Å²) >= 11 is 0. The maximum atomic E-state index is 12.1. The molecule has 0 aliphatic carbocycles. The third kappa shape index (κ3) is 5.66. The molecular formula is C18H21N3O4. The number of carbonyl (C=O) groups excluding carboxylic acids is 2. The van der Waals surface area contributed by atoms with Crippen LogP contribution < -0.4 is 15.8 Å². The third-order valence-corrected chi connectivity index (χ3v) is 3.24. The zero-order valence-electron chi connectivity index (χ0n) is 14.0. The molecule has 1 heterocycles. The number of nitrogens with one attached hydrogen (secondary N) is 1. The Morgan fingerprint density at radius 1 is 1.16 bits per heavy atom. The van der Waals surface area contributed by atoms with Crippen LogP contribution in [0.4, 0.5) is 0 Å². The normalized spacial score (nSPS) is 10.3. The van der Waals surface area contributed by atoms with Crippen LogP contribution in [-0.2, 0) is 22.7 Å². The number of amides is 2. The first kappa shape index (κ1) is 18.6. The lowest BCUT2D eigenvalue weighted by Gasteiger charge is -2.11. The molecule has 25 heavy (non-hydrogen) atoms. The highest BCUT2D eigenvalue weighted by atomic mass is 16.5. The van der Waals surface area contributed by atoms with Crippen LogP contribution in [0.2, 0.25) is 0 Å². The van der Waals surface area contributed by atoms with E-state index < -0.39 is 11.8 Å². The van der Waals surface area contributed by atoms with Crippen molar-refractivity contribution < 1.29 is 19.1 Å². The molecule has 2 rings (SSSR count). The van der Waals surface area contributed by atoms with Crippen molar-refractivity contribution in [2.24, 2.45) is 5.73 Å². The first-order valence-electron chi connectivity index (χ1n) is 7.91. The SMILES string of the molecule is CCOc1cc(COCc2ccccc2)cnc1C(=O)NC(=O)CN. The second-order valence-corrected chi connectivity index (χ2v) is 5.18. The first-order valence-corrected chi connectivity index (χ1v) is 7.91. The predicted molar refractivity (Wildman–Crippen MR) is 91.9 cm³/mol. The van der Waals surface area contributed by atoms with Crippen molar-refractivity contribution in [3.05, 3.63) is 59.4 Å². The monoisotopic (exact) mass is 343 g/mol. The minimum Gasteiger partial charge on any atom is -0.491 e. The molecule has 0 unspecified atom stereocenters. The zero-order valence-corrected chi connectivity index (χ0v) is 14.0. The molecule has 0 spiro atoms. The summed E-state index contributed by atoms with van der Waals surface area (Å²) in [4.78, 5) is 27.4. The quantitative estimate of drug-likeness (QED) is 0.751. The summed E-state index contributed by atoms with van der Waals surface area (Å²) in [6.07, 6.45) is 1.52. The Morgan fingerprint density at radius 2 is 1.88 bits per heavy atom. The summed E-state index contributed by atoms with van der Waals surface area (Å²) < 4.78 is 11.1. The van der Waals surface area contributed by atoms with Crippen LogP contribution >= 0.6 is 0 Å². The molecule has 0 saturated heterocycles. The van der Waals surface area contributed by atoms with Gasteiger partial charge < -0.3 is 15.2 Å². The number of carbonyl (C=O) groups is 2. The van der Waals surface area contributed by atoms with Crippen molar-refractivity contribution >= 4 is 11.8 Å². The van der Waals surface area contributed by atoms with Gasteiger partial charge in [0.1, 0.15) is 0 Å². The fraction of sp³-hybridized carbons (Fsp3) is 0.278. The number of ether oxygens (including phenoxy) is 2. The highest BCUT2D eigenvalue weighted by Crippen LogP contribution is 2.19. The largest absolute Gasteiger partial charge is 0.491 e. The second kappa shape index (κ2) is 9.51. The number of rotatable bonds is 8. The Bertz CT molecular complexity index is 720. The molecule has 0 saturated carbocycles. The number of aromatic nitrogens is 1. The fourth-order valence-corrected chi connectivity index (χ4v) is 2.10. The summed E-state index contributed by atoms with van der Waals surface area (Å²) in [5.41, 5.74) is 7.06. The standard InChI is InChI=1S/C18H21N3O4/c1-2-25-15-8-14(12-24-11-13-6-4-3-5-7-13)10-20-17(15)18(23)21-16(22)9-19/h3-8,10H,2,9,11-12,19H2,1H3,(H,21,22,23). The van der Waals surface area contributed by atoms with Crippen molar-refractivity contribution in [3.63, 3.8) is 0 Å². The molecular weight excluding hydrogens is 322 g/mol. The summed E-state index contributed by atoms with van der Waals surface area (Å²) in [5, 5.41) is 2.15. The Balaban J connectivity index is 2.04. The summed E-state index contributed by atoms with van der Waals surface area (Å²) in [5.74, 6) is -0.925. The predicted octanol–water partition coefficient (Wildman–Crippen LogP) is 1.41. The highest BCUT2D eigenvalue weighted by molar-refractivity contribution is 6.05. The molecule has 2 aromatic rings. The van der Waals surface area contributed by atoms with Crippen LogP contribution in [0.5, 0.6) is 5.75 Å². The Kier molecular flexibility index (Phi) is 7.06. The third-order valence-electron chi connectivity index (χ3n) is 3.24. The number of benzene rings is 1. The number of nitrogens with two attached hydrogens (primary N) is 1. The van der Waals surface area contributed by atoms with Crippen LogP contribution in [0.15, 0.2) is 42.6 Å². The van der Waals surface area contributed by atoms with Crippen LogP contribution in [0.1, 0.15) is 28.5 Å². The summed E-state index contributed by atoms with van der Waals surface area (Å²) in [6.45, 7) is 2.68. The fourth-order valence-electron chi connectivity index (χ4n) is 2.10. The zero-order chi connectivity index (χ0) is 18.1. The minimum atomic E-state index is -0.643. The summed E-state index contributed by atoms with van der Waals surface area (Å²) in [7, 11) is 0. The Morgan fingerprint density at radius 3 is 2.56 bits per heavy atom. The van der Waals surface area contributed by atoms with Crippen molar-refractivity contribution in [3.8, 4) is 5.75 Å². The van der Waals surface area contributed by atoms with Crippen molar-refractivity contribution in [1.82, 2.24) is 10.3 Å². The lowest BCUT2D eigenvalue weighted by Crippen LogP contribution is -2.36. The Labute approximate surface area is 146 Å². The highest BCUT2D eigenvalue weighted by Gasteiger charge is 2.17. The summed E-state index contributed by atoms with van der Waals surface area (Å²) in [6, 6.07) is 11.5. The topological polar surface area (TPSA) is 104 Å². The molecule has 0 aliphatic rings. The molecule has 0 bridgehead atoms. The van der Waals surface area contributed by atoms with Gasteiger partial charge in [0.25, 0.3) is 5.91 Å². The molecule has 2 amide bonds. The lowest BCUT2D eigenvalue weighted by molar-refractivity contribution is -0.118. The van der Waals surface area contributed by atoms with Gasteiger partial charge in [0, 0.05) is 6.20 Å². The second-order valence-electron chi connectivity index (χ2n) is 5.18. The van der Waals surface area contributed by atoms with Gasteiger partial charge in [-0.25, -0.2) is 4.98 Å². The van der Waals surface area contributed by atoms with Gasteiger partial charge in [-0.1, -0.05) is 30.3 Å². The van der Waals surface area contributed by atoms with Gasteiger partial charge in [-0.3, -0.25) is 14.9 Å². The van der Waals surface area contributed by atoms with E-state index in [4.69, 9.17) is 15.2 Å². The van der Waals surface area contributed by atoms with Gasteiger partial charge in [0.15, 0.2) is 11.4 Å². The molecule has 0 aliphatic heterocycles. The van der Waals surface area contributed by atoms with Gasteiger partial charge in [0.05, 0.1) is 26.4 Å². The molecule has 132 valence electrons. The maximum absolute atomic E-state index is 12.1. The molecule has 0 radical (unpaired) electrons. The van der Waals surface area contributed by atoms with Crippen molar-refractivity contribution in [2.45, 2.75) is 20.1 Å². The van der Waals surface area contributed by atoms with Crippen molar-refractivity contribution in [2.75, 3.05) is 13.2 Å². The van der Waals surface area contributed by atoms with Crippen LogP contribution in [-0.4, -0.2) is 29.9 Å². The number of hydrogen-bond acceptors (Lipinski definition) is 6. The number of nitrogens with zero attached hydrogens (tertiary/aromatic N) is 1. The minimum absolute atomic E-state index is 0.0375. The maximum Gasteiger partial charge on any atom is 0.280 e. The number of pyridine rings is 1. The molecule has 1 aromatic carbocycles. The van der Waals surface area contributed by atoms with E-state index >= 15 is 0 Å². The van der Waals surface area contributed by atoms with Gasteiger partial charge in [-0.15, -0.1) is 0 Å². The van der Waals surface area contributed by atoms with E-state index in [1.165, 1.54) is 6.20 Å². The average molecular weight is 343 g/mol. The average Bonchev–Trinajstić information content (AvgIpc) is 2.63. The van der Waals surface area contributed by atoms with Gasteiger partial charge in [-0.05, 0) is 24.1 Å². The molecule has 1 aromatic heterocycles. The number of imide groups is 1. The van der Waals surface area contributed by atoms with Crippen LogP contribution in [0, 0.1) is 0 Å². The van der Waals surface area contributed by atoms with Crippen LogP contribution in [0.3, 0.4) is 0 Å². The van der Waals surface area contributed by atoms with E-state index in [9.17, 15) is 9.59 Å². The van der Waals surface area contributed by atoms with E-state index in [-0.39, 0.29) is 12.2 Å². The lowest BCUT2D eigenvalue weighted by atomic mass is 10.2. The van der Waals surface area contributed by atoms with Crippen LogP contribution in [0.25, 0.3) is 0 Å². The first-order chi connectivity index (χ1) is 12.1. The van der Waals surface area contributed by atoms with E-state index in [1.54, 1.807) is 13.0 Å². The van der Waals surface area contributed by atoms with Gasteiger partial charge >= 0.3 is 0 Å². The van der Waals surface area contributed by atoms with E-state index in [1.807, 2.05) is 30.3 Å². The molecule has 7 heteroatoms.